The molecule has 0 aliphatic carbocycles. The molecule has 0 radical (unpaired) electrons. The summed E-state index contributed by atoms with van der Waals surface area (Å²) in [4.78, 5) is 62.9. The molecule has 3 aliphatic rings. The monoisotopic (exact) mass is 804 g/mol. The van der Waals surface area contributed by atoms with Crippen LogP contribution in [0.15, 0.2) is 51.5 Å². The van der Waals surface area contributed by atoms with Crippen LogP contribution in [0.1, 0.15) is 24.0 Å². The molecule has 5 N–H and O–H groups in total. The predicted octanol–water partition coefficient (Wildman–Crippen LogP) is 4.79. The van der Waals surface area contributed by atoms with E-state index in [0.717, 1.165) is 28.2 Å². The number of carboxylic acid groups (broad SMARTS) is 1. The molecule has 3 aromatic rings. The van der Waals surface area contributed by atoms with E-state index in [-0.39, 0.29) is 35.5 Å². The van der Waals surface area contributed by atoms with Gasteiger partial charge in [-0.2, -0.15) is 0 Å². The highest BCUT2D eigenvalue weighted by atomic mass is 79.9. The zero-order chi connectivity index (χ0) is 33.9. The Kier molecular flexibility index (Phi) is 10.3. The molecule has 254 valence electrons. The Hall–Kier alpha value is -4.09. The summed E-state index contributed by atoms with van der Waals surface area (Å²) in [5.41, 5.74) is 9.33. The Morgan fingerprint density at radius 2 is 1.75 bits per heavy atom. The number of carbonyl (C=O) groups excluding carboxylic acids is 3. The molecule has 1 atom stereocenters. The molecule has 6 rings (SSSR count). The summed E-state index contributed by atoms with van der Waals surface area (Å²) in [7, 11) is 0. The van der Waals surface area contributed by atoms with Gasteiger partial charge in [0.25, 0.3) is 0 Å². The Morgan fingerprint density at radius 3 is 2.44 bits per heavy atom. The lowest BCUT2D eigenvalue weighted by atomic mass is 10.0. The Morgan fingerprint density at radius 1 is 1.06 bits per heavy atom. The second kappa shape index (κ2) is 14.6. The van der Waals surface area contributed by atoms with Crippen molar-refractivity contribution in [3.05, 3.63) is 62.7 Å². The SMILES string of the molecule is Nc1c(Br)cc(C[C@@H](NC(=O)N2CCC(N3Cc4ccccc4NC3=O)CC2)C(=O)N2CCN(c3ncc(OC(=O)O)s3)CC2)cc1Br. The summed E-state index contributed by atoms with van der Waals surface area (Å²) < 4.78 is 6.06. The molecule has 14 nitrogen and oxygen atoms in total. The molecular weight excluding hydrogens is 772 g/mol. The molecular formula is C31H34Br2N8O6S. The molecule has 0 saturated carbocycles. The minimum absolute atomic E-state index is 0.00906. The van der Waals surface area contributed by atoms with Gasteiger partial charge in [-0.1, -0.05) is 29.5 Å². The van der Waals surface area contributed by atoms with Crippen LogP contribution >= 0.6 is 43.2 Å². The van der Waals surface area contributed by atoms with Crippen LogP contribution in [-0.2, 0) is 17.8 Å². The first kappa shape index (κ1) is 33.8. The van der Waals surface area contributed by atoms with Crippen molar-refractivity contribution in [2.45, 2.75) is 37.9 Å². The quantitative estimate of drug-likeness (QED) is 0.194. The van der Waals surface area contributed by atoms with Crippen LogP contribution in [-0.4, -0.2) is 100 Å². The molecule has 0 bridgehead atoms. The first-order valence-corrected chi connectivity index (χ1v) is 17.8. The maximum absolute atomic E-state index is 14.0. The van der Waals surface area contributed by atoms with Gasteiger partial charge in [-0.05, 0) is 74.0 Å². The van der Waals surface area contributed by atoms with Crippen LogP contribution < -0.4 is 26.0 Å². The first-order chi connectivity index (χ1) is 23.0. The van der Waals surface area contributed by atoms with Crippen LogP contribution in [0.2, 0.25) is 0 Å². The number of urea groups is 2. The maximum atomic E-state index is 14.0. The van der Waals surface area contributed by atoms with Gasteiger partial charge in [-0.25, -0.2) is 19.4 Å². The Balaban J connectivity index is 1.10. The standard InChI is InChI=1S/C31H34Br2N8O6S/c32-21-13-18(14-22(33)26(21)34)15-24(27(42)38-9-11-40(12-10-38)30-35-16-25(48-30)47-31(45)46)37-28(43)39-7-5-20(6-8-39)41-17-19-3-1-2-4-23(19)36-29(41)44/h1-4,13-14,16,20,24H,5-12,15,17,34H2,(H,36,44)(H,37,43)(H,45,46)/t24-/m1/s1. The average molecular weight is 807 g/mol. The van der Waals surface area contributed by atoms with Crippen LogP contribution in [0.5, 0.6) is 5.06 Å². The zero-order valence-corrected chi connectivity index (χ0v) is 29.7. The second-order valence-corrected chi connectivity index (χ2v) is 14.4. The van der Waals surface area contributed by atoms with Gasteiger partial charge in [0.15, 0.2) is 5.13 Å². The lowest BCUT2D eigenvalue weighted by Gasteiger charge is -2.41. The van der Waals surface area contributed by atoms with Crippen LogP contribution in [0.4, 0.5) is 30.9 Å². The Bertz CT molecular complexity index is 1690. The summed E-state index contributed by atoms with van der Waals surface area (Å²) in [5, 5.41) is 15.6. The number of hydrogen-bond acceptors (Lipinski definition) is 9. The van der Waals surface area contributed by atoms with E-state index in [2.05, 4.69) is 47.5 Å². The molecule has 3 aliphatic heterocycles. The Labute approximate surface area is 297 Å². The predicted molar refractivity (Wildman–Crippen MR) is 187 cm³/mol. The summed E-state index contributed by atoms with van der Waals surface area (Å²) in [6, 6.07) is 10.1. The number of ether oxygens (including phenoxy) is 1. The fourth-order valence-electron chi connectivity index (χ4n) is 6.20. The number of halogens is 2. The average Bonchev–Trinajstić information content (AvgIpc) is 3.54. The van der Waals surface area contributed by atoms with E-state index in [0.29, 0.717) is 78.4 Å². The van der Waals surface area contributed by atoms with Gasteiger partial charge in [0.2, 0.25) is 11.0 Å². The minimum atomic E-state index is -1.40. The van der Waals surface area contributed by atoms with Gasteiger partial charge in [0.05, 0.1) is 11.9 Å². The molecule has 0 unspecified atom stereocenters. The van der Waals surface area contributed by atoms with Gasteiger partial charge in [-0.15, -0.1) is 0 Å². The third-order valence-electron chi connectivity index (χ3n) is 8.75. The van der Waals surface area contributed by atoms with Crippen molar-refractivity contribution in [3.8, 4) is 5.06 Å². The van der Waals surface area contributed by atoms with E-state index < -0.39 is 12.2 Å². The fraction of sp³-hybridized carbons (Fsp3) is 0.387. The number of piperidine rings is 1. The highest BCUT2D eigenvalue weighted by molar-refractivity contribution is 9.11. The van der Waals surface area contributed by atoms with E-state index in [1.165, 1.54) is 6.20 Å². The van der Waals surface area contributed by atoms with E-state index in [4.69, 9.17) is 15.6 Å². The number of piperazine rings is 1. The molecule has 2 aromatic carbocycles. The van der Waals surface area contributed by atoms with Gasteiger partial charge in [0, 0.05) is 72.9 Å². The molecule has 1 aromatic heterocycles. The van der Waals surface area contributed by atoms with E-state index in [1.54, 1.807) is 9.80 Å². The van der Waals surface area contributed by atoms with Gasteiger partial charge in [-0.3, -0.25) is 4.79 Å². The molecule has 2 saturated heterocycles. The summed E-state index contributed by atoms with van der Waals surface area (Å²) in [6.45, 7) is 3.16. The van der Waals surface area contributed by atoms with E-state index >= 15 is 0 Å². The van der Waals surface area contributed by atoms with Gasteiger partial charge in [0.1, 0.15) is 6.04 Å². The highest BCUT2D eigenvalue weighted by Gasteiger charge is 2.35. The smallest absolute Gasteiger partial charge is 0.449 e. The third-order valence-corrected chi connectivity index (χ3v) is 11.0. The van der Waals surface area contributed by atoms with Crippen molar-refractivity contribution in [2.24, 2.45) is 0 Å². The van der Waals surface area contributed by atoms with Crippen LogP contribution in [0.25, 0.3) is 0 Å². The van der Waals surface area contributed by atoms with Crippen molar-refractivity contribution in [1.82, 2.24) is 25.0 Å². The largest absolute Gasteiger partial charge is 0.512 e. The topological polar surface area (TPSA) is 174 Å². The van der Waals surface area contributed by atoms with Crippen molar-refractivity contribution in [2.75, 3.05) is 55.2 Å². The van der Waals surface area contributed by atoms with Crippen molar-refractivity contribution in [3.63, 3.8) is 0 Å². The number of carbonyl (C=O) groups is 4. The van der Waals surface area contributed by atoms with Gasteiger partial charge < -0.3 is 45.8 Å². The number of rotatable bonds is 7. The van der Waals surface area contributed by atoms with Crippen LogP contribution in [0, 0.1) is 0 Å². The van der Waals surface area contributed by atoms with Crippen molar-refractivity contribution >= 4 is 83.8 Å². The number of nitrogens with zero attached hydrogens (tertiary/aromatic N) is 5. The lowest BCUT2D eigenvalue weighted by molar-refractivity contribution is -0.133. The lowest BCUT2D eigenvalue weighted by Crippen LogP contribution is -2.58. The molecule has 5 amide bonds. The fourth-order valence-corrected chi connectivity index (χ4v) is 8.29. The van der Waals surface area contributed by atoms with Crippen molar-refractivity contribution < 1.29 is 29.0 Å². The van der Waals surface area contributed by atoms with Crippen molar-refractivity contribution in [1.29, 1.82) is 0 Å². The second-order valence-electron chi connectivity index (χ2n) is 11.8. The normalized spacial score (nSPS) is 17.4. The first-order valence-electron chi connectivity index (χ1n) is 15.4. The number of likely N-dealkylation sites (tertiary alicyclic amines) is 1. The summed E-state index contributed by atoms with van der Waals surface area (Å²) in [5.74, 6) is -0.209. The number of benzene rings is 2. The number of fused-ring (bicyclic) bond motifs is 1. The van der Waals surface area contributed by atoms with E-state index in [9.17, 15) is 19.2 Å². The number of nitrogens with two attached hydrogens (primary N) is 1. The number of thiazole rings is 1. The number of amides is 5. The van der Waals surface area contributed by atoms with E-state index in [1.807, 2.05) is 46.2 Å². The number of hydrogen-bond donors (Lipinski definition) is 4. The summed E-state index contributed by atoms with van der Waals surface area (Å²) in [6.07, 6.45) is 1.45. The molecule has 0 spiro atoms. The number of para-hydroxylation sites is 1. The molecule has 4 heterocycles. The zero-order valence-electron chi connectivity index (χ0n) is 25.7. The number of nitrogens with one attached hydrogen (secondary N) is 2. The molecule has 17 heteroatoms. The third kappa shape index (κ3) is 7.63. The van der Waals surface area contributed by atoms with Crippen LogP contribution in [0.3, 0.4) is 0 Å². The minimum Gasteiger partial charge on any atom is -0.449 e. The number of nitrogen functional groups attached to an aromatic ring is 1. The van der Waals surface area contributed by atoms with Gasteiger partial charge >= 0.3 is 18.2 Å². The molecule has 2 fully saturated rings. The number of anilines is 3. The molecule has 48 heavy (non-hydrogen) atoms. The maximum Gasteiger partial charge on any atom is 0.512 e. The number of aromatic nitrogens is 1. The highest BCUT2D eigenvalue weighted by Crippen LogP contribution is 2.32. The summed E-state index contributed by atoms with van der Waals surface area (Å²) >= 11 is 8.08.